The van der Waals surface area contributed by atoms with Crippen LogP contribution in [0.4, 0.5) is 0 Å². The molecule has 0 amide bonds. The second-order valence-electron chi connectivity index (χ2n) is 6.30. The molecule has 3 rings (SSSR count). The van der Waals surface area contributed by atoms with Gasteiger partial charge in [0.1, 0.15) is 12.2 Å². The number of hydrogen-bond donors (Lipinski definition) is 1. The number of aryl methyl sites for hydroxylation is 1. The molecule has 2 fully saturated rings. The van der Waals surface area contributed by atoms with Gasteiger partial charge in [0.05, 0.1) is 6.61 Å². The van der Waals surface area contributed by atoms with Crippen LogP contribution in [0.1, 0.15) is 49.3 Å². The molecule has 2 aliphatic rings. The van der Waals surface area contributed by atoms with Crippen LogP contribution in [0, 0.1) is 6.92 Å². The van der Waals surface area contributed by atoms with Gasteiger partial charge in [0.25, 0.3) is 0 Å². The maximum Gasteiger partial charge on any atom is 0.333 e. The van der Waals surface area contributed by atoms with Gasteiger partial charge in [-0.15, -0.1) is 0 Å². The van der Waals surface area contributed by atoms with Crippen molar-refractivity contribution in [3.63, 3.8) is 0 Å². The smallest absolute Gasteiger partial charge is 0.333 e. The maximum absolute atomic E-state index is 11.1. The Morgan fingerprint density at radius 2 is 1.91 bits per heavy atom. The summed E-state index contributed by atoms with van der Waals surface area (Å²) in [7, 11) is -4.01. The van der Waals surface area contributed by atoms with Gasteiger partial charge in [-0.25, -0.2) is 5.14 Å². The number of ether oxygens (including phenoxy) is 2. The van der Waals surface area contributed by atoms with Crippen LogP contribution in [-0.2, 0) is 24.0 Å². The van der Waals surface area contributed by atoms with Crippen molar-refractivity contribution in [2.24, 2.45) is 5.14 Å². The molecule has 6 nitrogen and oxygen atoms in total. The maximum atomic E-state index is 11.1. The van der Waals surface area contributed by atoms with Crippen molar-refractivity contribution in [3.8, 4) is 0 Å². The predicted octanol–water partition coefficient (Wildman–Crippen LogP) is 2.33. The molecule has 0 bridgehead atoms. The van der Waals surface area contributed by atoms with Gasteiger partial charge in [-0.1, -0.05) is 30.7 Å². The molecule has 23 heavy (non-hydrogen) atoms. The second kappa shape index (κ2) is 6.49. The number of benzene rings is 1. The molecule has 1 aliphatic carbocycles. The first-order chi connectivity index (χ1) is 10.9. The molecule has 2 unspecified atom stereocenters. The third kappa shape index (κ3) is 3.92. The average Bonchev–Trinajstić information content (AvgIpc) is 2.84. The van der Waals surface area contributed by atoms with E-state index < -0.39 is 22.2 Å². The minimum atomic E-state index is -4.01. The Kier molecular flexibility index (Phi) is 4.75. The molecule has 7 heteroatoms. The van der Waals surface area contributed by atoms with Crippen molar-refractivity contribution in [3.05, 3.63) is 35.4 Å². The summed E-state index contributed by atoms with van der Waals surface area (Å²) in [6.07, 6.45) is 4.06. The lowest BCUT2D eigenvalue weighted by Gasteiger charge is -2.32. The summed E-state index contributed by atoms with van der Waals surface area (Å²) in [5.74, 6) is -0.627. The average molecular weight is 341 g/mol. The molecular weight excluding hydrogens is 318 g/mol. The summed E-state index contributed by atoms with van der Waals surface area (Å²) < 4.78 is 39.5. The molecule has 1 heterocycles. The molecule has 1 aliphatic heterocycles. The van der Waals surface area contributed by atoms with Crippen molar-refractivity contribution in [1.29, 1.82) is 0 Å². The Balaban J connectivity index is 1.85. The summed E-state index contributed by atoms with van der Waals surface area (Å²) in [5.41, 5.74) is 2.08. The zero-order chi connectivity index (χ0) is 16.5. The number of nitrogens with two attached hydrogens (primary N) is 1. The quantitative estimate of drug-likeness (QED) is 0.908. The molecule has 1 aromatic rings. The van der Waals surface area contributed by atoms with Gasteiger partial charge in [0.15, 0.2) is 5.79 Å². The molecule has 2 N–H and O–H groups in total. The fourth-order valence-corrected chi connectivity index (χ4v) is 3.78. The zero-order valence-electron chi connectivity index (χ0n) is 13.2. The molecule has 1 aromatic carbocycles. The van der Waals surface area contributed by atoms with E-state index >= 15 is 0 Å². The minimum absolute atomic E-state index is 0.139. The van der Waals surface area contributed by atoms with E-state index in [0.717, 1.165) is 36.8 Å². The van der Waals surface area contributed by atoms with E-state index in [1.165, 1.54) is 6.42 Å². The van der Waals surface area contributed by atoms with Crippen molar-refractivity contribution in [2.75, 3.05) is 6.61 Å². The molecule has 128 valence electrons. The summed E-state index contributed by atoms with van der Waals surface area (Å²) in [5, 5.41) is 4.95. The van der Waals surface area contributed by atoms with Crippen molar-refractivity contribution in [1.82, 2.24) is 0 Å². The Morgan fingerprint density at radius 1 is 1.22 bits per heavy atom. The topological polar surface area (TPSA) is 87.8 Å². The van der Waals surface area contributed by atoms with Gasteiger partial charge in [-0.2, -0.15) is 8.42 Å². The molecule has 0 radical (unpaired) electrons. The first-order valence-corrected chi connectivity index (χ1v) is 9.44. The fraction of sp³-hybridized carbons (Fsp3) is 0.625. The lowest BCUT2D eigenvalue weighted by Crippen LogP contribution is -2.34. The van der Waals surface area contributed by atoms with Crippen LogP contribution in [0.2, 0.25) is 0 Å². The van der Waals surface area contributed by atoms with E-state index in [1.807, 2.05) is 31.2 Å². The Labute approximate surface area is 137 Å². The minimum Gasteiger partial charge on any atom is -0.341 e. The monoisotopic (exact) mass is 341 g/mol. The van der Waals surface area contributed by atoms with Crippen LogP contribution in [0.3, 0.4) is 0 Å². The molecule has 2 atom stereocenters. The van der Waals surface area contributed by atoms with Crippen molar-refractivity contribution in [2.45, 2.75) is 57.0 Å². The number of rotatable bonds is 4. The molecule has 1 saturated heterocycles. The van der Waals surface area contributed by atoms with Gasteiger partial charge >= 0.3 is 10.3 Å². The highest BCUT2D eigenvalue weighted by Gasteiger charge is 2.49. The fourth-order valence-electron chi connectivity index (χ4n) is 3.45. The Hall–Kier alpha value is -0.990. The lowest BCUT2D eigenvalue weighted by atomic mass is 9.94. The normalized spacial score (nSPS) is 27.4. The van der Waals surface area contributed by atoms with Crippen LogP contribution < -0.4 is 5.14 Å². The molecule has 1 spiro atoms. The third-order valence-corrected chi connectivity index (χ3v) is 5.02. The Morgan fingerprint density at radius 3 is 2.57 bits per heavy atom. The van der Waals surface area contributed by atoms with Gasteiger partial charge in [0, 0.05) is 12.8 Å². The Bertz CT molecular complexity index is 654. The van der Waals surface area contributed by atoms with Crippen LogP contribution in [-0.4, -0.2) is 26.9 Å². The molecular formula is C16H23NO5S. The van der Waals surface area contributed by atoms with Crippen LogP contribution in [0.5, 0.6) is 0 Å². The predicted molar refractivity (Wildman–Crippen MR) is 84.8 cm³/mol. The SMILES string of the molecule is Cc1ccccc1C1OC2(CCCCC2)OC1COS(N)(=O)=O. The van der Waals surface area contributed by atoms with Crippen LogP contribution >= 0.6 is 0 Å². The van der Waals surface area contributed by atoms with E-state index in [9.17, 15) is 8.42 Å². The second-order valence-corrected chi connectivity index (χ2v) is 7.52. The summed E-state index contributed by atoms with van der Waals surface area (Å²) >= 11 is 0. The number of hydrogen-bond acceptors (Lipinski definition) is 5. The standard InChI is InChI=1S/C16H23NO5S/c1-12-7-3-4-8-13(12)15-14(11-20-23(17,18)19)21-16(22-15)9-5-2-6-10-16/h3-4,7-8,14-15H,2,5-6,9-11H2,1H3,(H2,17,18,19). The van der Waals surface area contributed by atoms with Gasteiger partial charge in [-0.3, -0.25) is 4.18 Å². The van der Waals surface area contributed by atoms with Gasteiger partial charge in [0.2, 0.25) is 0 Å². The van der Waals surface area contributed by atoms with Crippen molar-refractivity contribution >= 4 is 10.3 Å². The van der Waals surface area contributed by atoms with E-state index in [0.29, 0.717) is 0 Å². The summed E-state index contributed by atoms with van der Waals surface area (Å²) in [6, 6.07) is 7.88. The summed E-state index contributed by atoms with van der Waals surface area (Å²) in [6.45, 7) is 1.86. The molecule has 0 aromatic heterocycles. The zero-order valence-corrected chi connectivity index (χ0v) is 14.1. The van der Waals surface area contributed by atoms with Crippen LogP contribution in [0.25, 0.3) is 0 Å². The van der Waals surface area contributed by atoms with Gasteiger partial charge in [-0.05, 0) is 30.9 Å². The van der Waals surface area contributed by atoms with E-state index in [2.05, 4.69) is 0 Å². The van der Waals surface area contributed by atoms with Crippen LogP contribution in [0.15, 0.2) is 24.3 Å². The van der Waals surface area contributed by atoms with E-state index in [-0.39, 0.29) is 12.7 Å². The van der Waals surface area contributed by atoms with Crippen molar-refractivity contribution < 1.29 is 22.1 Å². The highest BCUT2D eigenvalue weighted by molar-refractivity contribution is 7.84. The first-order valence-electron chi connectivity index (χ1n) is 7.97. The lowest BCUT2D eigenvalue weighted by molar-refractivity contribution is -0.196. The van der Waals surface area contributed by atoms with E-state index in [4.69, 9.17) is 18.8 Å². The summed E-state index contributed by atoms with van der Waals surface area (Å²) in [4.78, 5) is 0. The van der Waals surface area contributed by atoms with Gasteiger partial charge < -0.3 is 9.47 Å². The molecule has 1 saturated carbocycles. The largest absolute Gasteiger partial charge is 0.341 e. The third-order valence-electron chi connectivity index (χ3n) is 4.55. The van der Waals surface area contributed by atoms with E-state index in [1.54, 1.807) is 0 Å². The highest BCUT2D eigenvalue weighted by Crippen LogP contribution is 2.46. The highest BCUT2D eigenvalue weighted by atomic mass is 32.2. The first kappa shape index (κ1) is 16.9.